The molecule has 1 aromatic heterocycles. The van der Waals surface area contributed by atoms with E-state index in [2.05, 4.69) is 49.1 Å². The first-order valence-corrected chi connectivity index (χ1v) is 7.85. The van der Waals surface area contributed by atoms with Gasteiger partial charge >= 0.3 is 0 Å². The average molecular weight is 279 g/mol. The van der Waals surface area contributed by atoms with Gasteiger partial charge in [-0.15, -0.1) is 0 Å². The van der Waals surface area contributed by atoms with Crippen molar-refractivity contribution >= 4 is 0 Å². The fraction of sp³-hybridized carbons (Fsp3) is 0.812. The molecule has 4 heteroatoms. The zero-order valence-corrected chi connectivity index (χ0v) is 13.5. The topological polar surface area (TPSA) is 41.3 Å². The van der Waals surface area contributed by atoms with Gasteiger partial charge in [-0.1, -0.05) is 32.9 Å². The number of hydrogen-bond donors (Lipinski definition) is 1. The molecule has 1 aliphatic heterocycles. The molecule has 2 atom stereocenters. The largest absolute Gasteiger partial charge is 0.360 e. The third-order valence-corrected chi connectivity index (χ3v) is 4.10. The Hall–Kier alpha value is -0.870. The van der Waals surface area contributed by atoms with Crippen molar-refractivity contribution in [2.75, 3.05) is 13.1 Å². The predicted octanol–water partition coefficient (Wildman–Crippen LogP) is 2.83. The summed E-state index contributed by atoms with van der Waals surface area (Å²) in [5.41, 5.74) is 0.968. The normalized spacial score (nSPS) is 24.8. The van der Waals surface area contributed by atoms with Crippen LogP contribution >= 0.6 is 0 Å². The van der Waals surface area contributed by atoms with Gasteiger partial charge in [0.15, 0.2) is 5.76 Å². The Morgan fingerprint density at radius 3 is 2.70 bits per heavy atom. The lowest BCUT2D eigenvalue weighted by atomic mass is 9.95. The average Bonchev–Trinajstić information content (AvgIpc) is 2.73. The lowest BCUT2D eigenvalue weighted by Crippen LogP contribution is -2.58. The number of nitrogens with one attached hydrogen (secondary N) is 1. The van der Waals surface area contributed by atoms with Gasteiger partial charge < -0.3 is 9.84 Å². The van der Waals surface area contributed by atoms with Crippen LogP contribution in [0.5, 0.6) is 0 Å². The SMILES string of the molecule is Cc1cc(CN2CC(CC(C)C)NCC2C(C)C)on1. The number of aryl methyl sites for hydroxylation is 1. The van der Waals surface area contributed by atoms with Crippen LogP contribution in [0.15, 0.2) is 10.6 Å². The van der Waals surface area contributed by atoms with Gasteiger partial charge in [-0.3, -0.25) is 4.90 Å². The second-order valence-electron chi connectivity index (χ2n) is 6.91. The van der Waals surface area contributed by atoms with E-state index in [4.69, 9.17) is 4.52 Å². The molecule has 4 nitrogen and oxygen atoms in total. The van der Waals surface area contributed by atoms with Crippen LogP contribution in [0.25, 0.3) is 0 Å². The van der Waals surface area contributed by atoms with Gasteiger partial charge in [-0.05, 0) is 25.2 Å². The highest BCUT2D eigenvalue weighted by atomic mass is 16.5. The number of aromatic nitrogens is 1. The van der Waals surface area contributed by atoms with Crippen molar-refractivity contribution in [1.29, 1.82) is 0 Å². The quantitative estimate of drug-likeness (QED) is 0.900. The summed E-state index contributed by atoms with van der Waals surface area (Å²) < 4.78 is 5.40. The Morgan fingerprint density at radius 1 is 1.40 bits per heavy atom. The van der Waals surface area contributed by atoms with Crippen LogP contribution in [-0.2, 0) is 6.54 Å². The molecule has 0 aromatic carbocycles. The van der Waals surface area contributed by atoms with E-state index in [1.807, 2.05) is 6.92 Å². The fourth-order valence-corrected chi connectivity index (χ4v) is 3.16. The molecular weight excluding hydrogens is 250 g/mol. The van der Waals surface area contributed by atoms with E-state index in [-0.39, 0.29) is 0 Å². The van der Waals surface area contributed by atoms with Gasteiger partial charge in [0.25, 0.3) is 0 Å². The molecule has 0 saturated carbocycles. The van der Waals surface area contributed by atoms with Gasteiger partial charge in [-0.2, -0.15) is 0 Å². The molecule has 2 rings (SSSR count). The van der Waals surface area contributed by atoms with Crippen molar-refractivity contribution in [2.24, 2.45) is 11.8 Å². The highest BCUT2D eigenvalue weighted by molar-refractivity contribution is 5.04. The Bertz CT molecular complexity index is 414. The summed E-state index contributed by atoms with van der Waals surface area (Å²) in [7, 11) is 0. The molecule has 1 aromatic rings. The number of nitrogens with zero attached hydrogens (tertiary/aromatic N) is 2. The molecule has 0 radical (unpaired) electrons. The van der Waals surface area contributed by atoms with Crippen molar-refractivity contribution in [3.8, 4) is 0 Å². The summed E-state index contributed by atoms with van der Waals surface area (Å²) in [6.45, 7) is 14.2. The van der Waals surface area contributed by atoms with Crippen LogP contribution in [0.2, 0.25) is 0 Å². The van der Waals surface area contributed by atoms with Crippen molar-refractivity contribution in [1.82, 2.24) is 15.4 Å². The highest BCUT2D eigenvalue weighted by Crippen LogP contribution is 2.21. The van der Waals surface area contributed by atoms with E-state index in [1.54, 1.807) is 0 Å². The van der Waals surface area contributed by atoms with Gasteiger partial charge in [0, 0.05) is 31.2 Å². The molecule has 0 spiro atoms. The number of piperazine rings is 1. The van der Waals surface area contributed by atoms with Crippen LogP contribution in [0, 0.1) is 18.8 Å². The summed E-state index contributed by atoms with van der Waals surface area (Å²) >= 11 is 0. The second kappa shape index (κ2) is 6.72. The zero-order valence-electron chi connectivity index (χ0n) is 13.5. The molecule has 20 heavy (non-hydrogen) atoms. The van der Waals surface area contributed by atoms with Crippen LogP contribution in [0.4, 0.5) is 0 Å². The van der Waals surface area contributed by atoms with Crippen molar-refractivity contribution in [2.45, 2.75) is 59.7 Å². The minimum Gasteiger partial charge on any atom is -0.360 e. The first kappa shape index (κ1) is 15.5. The summed E-state index contributed by atoms with van der Waals surface area (Å²) in [5, 5.41) is 7.72. The van der Waals surface area contributed by atoms with Crippen LogP contribution in [0.3, 0.4) is 0 Å². The van der Waals surface area contributed by atoms with Crippen LogP contribution in [0.1, 0.15) is 45.6 Å². The molecular formula is C16H29N3O. The van der Waals surface area contributed by atoms with Crippen LogP contribution in [-0.4, -0.2) is 35.2 Å². The van der Waals surface area contributed by atoms with E-state index in [1.165, 1.54) is 6.42 Å². The van der Waals surface area contributed by atoms with E-state index < -0.39 is 0 Å². The molecule has 0 aliphatic carbocycles. The first-order chi connectivity index (χ1) is 9.45. The maximum Gasteiger partial charge on any atom is 0.150 e. The predicted molar refractivity (Wildman–Crippen MR) is 81.5 cm³/mol. The molecule has 0 amide bonds. The fourth-order valence-electron chi connectivity index (χ4n) is 3.16. The highest BCUT2D eigenvalue weighted by Gasteiger charge is 2.30. The van der Waals surface area contributed by atoms with E-state index in [9.17, 15) is 0 Å². The van der Waals surface area contributed by atoms with E-state index in [0.717, 1.165) is 37.0 Å². The first-order valence-electron chi connectivity index (χ1n) is 7.85. The van der Waals surface area contributed by atoms with Gasteiger partial charge in [0.05, 0.1) is 12.2 Å². The van der Waals surface area contributed by atoms with Gasteiger partial charge in [0.1, 0.15) is 0 Å². The summed E-state index contributed by atoms with van der Waals surface area (Å²) in [6.07, 6.45) is 1.23. The lowest BCUT2D eigenvalue weighted by molar-refractivity contribution is 0.0765. The van der Waals surface area contributed by atoms with Gasteiger partial charge in [0.2, 0.25) is 0 Å². The molecule has 2 heterocycles. The maximum atomic E-state index is 5.40. The molecule has 114 valence electrons. The number of rotatable bonds is 5. The minimum absolute atomic E-state index is 0.573. The van der Waals surface area contributed by atoms with Crippen molar-refractivity contribution < 1.29 is 4.52 Å². The van der Waals surface area contributed by atoms with Crippen molar-refractivity contribution in [3.05, 3.63) is 17.5 Å². The molecule has 1 fully saturated rings. The molecule has 1 N–H and O–H groups in total. The summed E-state index contributed by atoms with van der Waals surface area (Å²) in [6, 6.07) is 3.22. The smallest absolute Gasteiger partial charge is 0.150 e. The maximum absolute atomic E-state index is 5.40. The summed E-state index contributed by atoms with van der Waals surface area (Å²) in [4.78, 5) is 2.56. The Labute approximate surface area is 122 Å². The lowest BCUT2D eigenvalue weighted by Gasteiger charge is -2.42. The molecule has 1 saturated heterocycles. The standard InChI is InChI=1S/C16H29N3O/c1-11(2)6-14-9-19(16(8-17-14)12(3)4)10-15-7-13(5)18-20-15/h7,11-12,14,16-17H,6,8-10H2,1-5H3. The monoisotopic (exact) mass is 279 g/mol. The van der Waals surface area contributed by atoms with E-state index in [0.29, 0.717) is 18.0 Å². The van der Waals surface area contributed by atoms with E-state index >= 15 is 0 Å². The number of hydrogen-bond acceptors (Lipinski definition) is 4. The Balaban J connectivity index is 2.02. The minimum atomic E-state index is 0.573. The Kier molecular flexibility index (Phi) is 5.22. The zero-order chi connectivity index (χ0) is 14.7. The third-order valence-electron chi connectivity index (χ3n) is 4.10. The Morgan fingerprint density at radius 2 is 2.15 bits per heavy atom. The molecule has 1 aliphatic rings. The van der Waals surface area contributed by atoms with Crippen molar-refractivity contribution in [3.63, 3.8) is 0 Å². The summed E-state index contributed by atoms with van der Waals surface area (Å²) in [5.74, 6) is 2.36. The van der Waals surface area contributed by atoms with Crippen LogP contribution < -0.4 is 5.32 Å². The second-order valence-corrected chi connectivity index (χ2v) is 6.91. The molecule has 0 bridgehead atoms. The third kappa shape index (κ3) is 4.06. The van der Waals surface area contributed by atoms with Gasteiger partial charge in [-0.25, -0.2) is 0 Å². The molecule has 2 unspecified atom stereocenters.